The summed E-state index contributed by atoms with van der Waals surface area (Å²) in [5, 5.41) is 8.83. The van der Waals surface area contributed by atoms with Crippen molar-refractivity contribution in [2.45, 2.75) is 0 Å². The van der Waals surface area contributed by atoms with Gasteiger partial charge >= 0.3 is 0 Å². The number of nitrogens with one attached hydrogen (secondary N) is 1. The van der Waals surface area contributed by atoms with Gasteiger partial charge in [-0.15, -0.1) is 0 Å². The summed E-state index contributed by atoms with van der Waals surface area (Å²) in [4.78, 5) is 8.40. The maximum Gasteiger partial charge on any atom is 0.168 e. The molecule has 18 heavy (non-hydrogen) atoms. The van der Waals surface area contributed by atoms with E-state index in [1.54, 1.807) is 10.9 Å². The molecule has 90 valence electrons. The van der Waals surface area contributed by atoms with Crippen molar-refractivity contribution in [2.75, 3.05) is 12.4 Å². The van der Waals surface area contributed by atoms with Crippen molar-refractivity contribution in [3.05, 3.63) is 41.8 Å². The lowest BCUT2D eigenvalue weighted by Crippen LogP contribution is -1.99. The predicted molar refractivity (Wildman–Crippen MR) is 71.2 cm³/mol. The lowest BCUT2D eigenvalue weighted by atomic mass is 10.3. The van der Waals surface area contributed by atoms with Gasteiger partial charge in [0.05, 0.1) is 22.3 Å². The summed E-state index contributed by atoms with van der Waals surface area (Å²) in [6.45, 7) is 0. The minimum atomic E-state index is 0.632. The third kappa shape index (κ3) is 1.60. The van der Waals surface area contributed by atoms with Crippen LogP contribution < -0.4 is 5.32 Å². The molecule has 0 saturated heterocycles. The average molecular weight is 260 g/mol. The molecule has 0 unspecified atom stereocenters. The average Bonchev–Trinajstić information content (AvgIpc) is 2.83. The molecule has 0 aliphatic rings. The summed E-state index contributed by atoms with van der Waals surface area (Å²) in [5.74, 6) is 0.748. The first-order chi connectivity index (χ1) is 8.81. The Morgan fingerprint density at radius 1 is 1.22 bits per heavy atom. The summed E-state index contributed by atoms with van der Waals surface area (Å²) in [5.41, 5.74) is 1.53. The van der Waals surface area contributed by atoms with Crippen molar-refractivity contribution in [1.29, 1.82) is 0 Å². The van der Waals surface area contributed by atoms with Crippen molar-refractivity contribution in [1.82, 2.24) is 19.7 Å². The van der Waals surface area contributed by atoms with Gasteiger partial charge in [-0.1, -0.05) is 23.7 Å². The molecule has 0 fully saturated rings. The largest absolute Gasteiger partial charge is 0.372 e. The first-order valence-electron chi connectivity index (χ1n) is 5.42. The van der Waals surface area contributed by atoms with E-state index in [0.29, 0.717) is 5.02 Å². The molecule has 1 aromatic carbocycles. The molecule has 2 heterocycles. The molecular formula is C12H10ClN5. The molecule has 0 spiro atoms. The highest BCUT2D eigenvalue weighted by molar-refractivity contribution is 6.32. The zero-order valence-corrected chi connectivity index (χ0v) is 10.4. The van der Waals surface area contributed by atoms with Crippen LogP contribution in [0.1, 0.15) is 0 Å². The first kappa shape index (κ1) is 11.0. The molecule has 2 aromatic heterocycles. The van der Waals surface area contributed by atoms with E-state index in [1.165, 1.54) is 6.33 Å². The maximum absolute atomic E-state index is 6.17. The zero-order valence-electron chi connectivity index (χ0n) is 9.63. The Bertz CT molecular complexity index is 707. The van der Waals surface area contributed by atoms with Crippen LogP contribution in [0.4, 0.5) is 5.82 Å². The van der Waals surface area contributed by atoms with Gasteiger partial charge in [-0.05, 0) is 12.1 Å². The van der Waals surface area contributed by atoms with Gasteiger partial charge in [0.1, 0.15) is 12.1 Å². The smallest absolute Gasteiger partial charge is 0.168 e. The second kappa shape index (κ2) is 4.27. The normalized spacial score (nSPS) is 10.8. The molecule has 1 N–H and O–H groups in total. The molecule has 0 radical (unpaired) electrons. The molecule has 3 rings (SSSR count). The minimum absolute atomic E-state index is 0.632. The molecule has 0 amide bonds. The minimum Gasteiger partial charge on any atom is -0.372 e. The van der Waals surface area contributed by atoms with E-state index in [0.717, 1.165) is 22.5 Å². The molecule has 6 heteroatoms. The molecule has 0 bridgehead atoms. The Morgan fingerprint density at radius 2 is 2.06 bits per heavy atom. The third-order valence-corrected chi connectivity index (χ3v) is 3.00. The Balaban J connectivity index is 2.29. The molecule has 0 aliphatic carbocycles. The van der Waals surface area contributed by atoms with E-state index in [2.05, 4.69) is 20.4 Å². The molecule has 5 nitrogen and oxygen atoms in total. The molecule has 0 saturated carbocycles. The van der Waals surface area contributed by atoms with E-state index in [-0.39, 0.29) is 0 Å². The van der Waals surface area contributed by atoms with Crippen molar-refractivity contribution >= 4 is 28.5 Å². The van der Waals surface area contributed by atoms with Crippen LogP contribution in [-0.2, 0) is 0 Å². The van der Waals surface area contributed by atoms with Crippen molar-refractivity contribution < 1.29 is 0 Å². The van der Waals surface area contributed by atoms with Gasteiger partial charge in [0.2, 0.25) is 0 Å². The molecular weight excluding hydrogens is 250 g/mol. The highest BCUT2D eigenvalue weighted by Gasteiger charge is 2.11. The number of halogens is 1. The fourth-order valence-corrected chi connectivity index (χ4v) is 2.06. The number of anilines is 1. The summed E-state index contributed by atoms with van der Waals surface area (Å²) < 4.78 is 1.71. The summed E-state index contributed by atoms with van der Waals surface area (Å²) >= 11 is 6.17. The number of hydrogen-bond donors (Lipinski definition) is 1. The number of para-hydroxylation sites is 1. The monoisotopic (exact) mass is 259 g/mol. The van der Waals surface area contributed by atoms with E-state index in [9.17, 15) is 0 Å². The van der Waals surface area contributed by atoms with Crippen LogP contribution in [0, 0.1) is 0 Å². The number of aromatic nitrogens is 4. The van der Waals surface area contributed by atoms with Crippen molar-refractivity contribution in [3.63, 3.8) is 0 Å². The van der Waals surface area contributed by atoms with Gasteiger partial charge in [-0.3, -0.25) is 0 Å². The number of hydrogen-bond acceptors (Lipinski definition) is 4. The SMILES string of the molecule is CNc1ncnc2c1cnn2-c1ccccc1Cl. The van der Waals surface area contributed by atoms with Crippen LogP contribution in [-0.4, -0.2) is 26.8 Å². The quantitative estimate of drug-likeness (QED) is 0.768. The van der Waals surface area contributed by atoms with Gasteiger partial charge in [0.15, 0.2) is 5.65 Å². The third-order valence-electron chi connectivity index (χ3n) is 2.68. The van der Waals surface area contributed by atoms with Gasteiger partial charge in [-0.25, -0.2) is 14.6 Å². The van der Waals surface area contributed by atoms with E-state index in [1.807, 2.05) is 31.3 Å². The fourth-order valence-electron chi connectivity index (χ4n) is 1.84. The Kier molecular flexibility index (Phi) is 2.60. The van der Waals surface area contributed by atoms with Crippen LogP contribution in [0.5, 0.6) is 0 Å². The fraction of sp³-hybridized carbons (Fsp3) is 0.0833. The van der Waals surface area contributed by atoms with Crippen LogP contribution in [0.25, 0.3) is 16.7 Å². The van der Waals surface area contributed by atoms with Crippen LogP contribution in [0.15, 0.2) is 36.8 Å². The maximum atomic E-state index is 6.17. The predicted octanol–water partition coefficient (Wildman–Crippen LogP) is 2.51. The second-order valence-corrected chi connectivity index (χ2v) is 4.12. The Morgan fingerprint density at radius 3 is 2.83 bits per heavy atom. The van der Waals surface area contributed by atoms with Gasteiger partial charge < -0.3 is 5.32 Å². The summed E-state index contributed by atoms with van der Waals surface area (Å²) in [7, 11) is 1.81. The van der Waals surface area contributed by atoms with E-state index >= 15 is 0 Å². The first-order valence-corrected chi connectivity index (χ1v) is 5.80. The zero-order chi connectivity index (χ0) is 12.5. The van der Waals surface area contributed by atoms with Crippen LogP contribution in [0.2, 0.25) is 5.02 Å². The van der Waals surface area contributed by atoms with Crippen LogP contribution in [0.3, 0.4) is 0 Å². The van der Waals surface area contributed by atoms with Crippen LogP contribution >= 0.6 is 11.6 Å². The second-order valence-electron chi connectivity index (χ2n) is 3.72. The molecule has 0 aliphatic heterocycles. The van der Waals surface area contributed by atoms with E-state index in [4.69, 9.17) is 11.6 Å². The summed E-state index contributed by atoms with van der Waals surface area (Å²) in [6, 6.07) is 7.51. The van der Waals surface area contributed by atoms with Gasteiger partial charge in [-0.2, -0.15) is 5.10 Å². The highest BCUT2D eigenvalue weighted by atomic mass is 35.5. The lowest BCUT2D eigenvalue weighted by Gasteiger charge is -2.05. The lowest BCUT2D eigenvalue weighted by molar-refractivity contribution is 0.895. The topological polar surface area (TPSA) is 55.6 Å². The highest BCUT2D eigenvalue weighted by Crippen LogP contribution is 2.25. The number of fused-ring (bicyclic) bond motifs is 1. The van der Waals surface area contributed by atoms with Gasteiger partial charge in [0, 0.05) is 7.05 Å². The van der Waals surface area contributed by atoms with Crippen molar-refractivity contribution in [3.8, 4) is 5.69 Å². The number of nitrogens with zero attached hydrogens (tertiary/aromatic N) is 4. The number of benzene rings is 1. The Labute approximate surface area is 108 Å². The Hall–Kier alpha value is -2.14. The molecule has 0 atom stereocenters. The van der Waals surface area contributed by atoms with Crippen molar-refractivity contribution in [2.24, 2.45) is 0 Å². The molecule has 3 aromatic rings. The standard InChI is InChI=1S/C12H10ClN5/c1-14-11-8-6-17-18(12(8)16-7-15-11)10-5-3-2-4-9(10)13/h2-7H,1H3,(H,14,15,16). The number of rotatable bonds is 2. The van der Waals surface area contributed by atoms with Gasteiger partial charge in [0.25, 0.3) is 0 Å². The summed E-state index contributed by atoms with van der Waals surface area (Å²) in [6.07, 6.45) is 3.23. The van der Waals surface area contributed by atoms with E-state index < -0.39 is 0 Å².